The Balaban J connectivity index is 1.24. The fraction of sp³-hybridized carbons (Fsp3) is 0.0690. The Labute approximate surface area is 218 Å². The number of fused-ring (bicyclic) bond motifs is 1. The van der Waals surface area contributed by atoms with E-state index >= 15 is 0 Å². The van der Waals surface area contributed by atoms with Crippen molar-refractivity contribution in [3.63, 3.8) is 0 Å². The number of hydrogen-bond acceptors (Lipinski definition) is 6. The number of carbonyl (C=O) groups is 1. The number of ether oxygens (including phenoxy) is 1. The normalized spacial score (nSPS) is 11.1. The lowest BCUT2D eigenvalue weighted by atomic mass is 10.1. The van der Waals surface area contributed by atoms with Crippen molar-refractivity contribution in [3.05, 3.63) is 96.3 Å². The molecule has 2 aromatic heterocycles. The third kappa shape index (κ3) is 5.60. The molecule has 1 amide bonds. The lowest BCUT2D eigenvalue weighted by Crippen LogP contribution is -2.33. The van der Waals surface area contributed by atoms with Crippen LogP contribution < -0.4 is 15.4 Å². The minimum absolute atomic E-state index is 0.168. The van der Waals surface area contributed by atoms with Crippen molar-refractivity contribution in [1.82, 2.24) is 10.3 Å². The predicted octanol–water partition coefficient (Wildman–Crippen LogP) is 6.60. The predicted molar refractivity (Wildman–Crippen MR) is 148 cm³/mol. The molecule has 0 radical (unpaired) electrons. The van der Waals surface area contributed by atoms with E-state index in [9.17, 15) is 4.79 Å². The second kappa shape index (κ2) is 10.5. The van der Waals surface area contributed by atoms with Gasteiger partial charge in [0.15, 0.2) is 10.7 Å². The van der Waals surface area contributed by atoms with E-state index in [1.165, 1.54) is 6.08 Å². The number of nitrogens with one attached hydrogen (secondary N) is 2. The monoisotopic (exact) mass is 509 g/mol. The van der Waals surface area contributed by atoms with E-state index in [1.807, 2.05) is 79.7 Å². The van der Waals surface area contributed by atoms with Gasteiger partial charge in [-0.05, 0) is 67.2 Å². The maximum atomic E-state index is 12.4. The molecule has 3 aromatic carbocycles. The van der Waals surface area contributed by atoms with Crippen molar-refractivity contribution in [1.29, 1.82) is 0 Å². The number of benzene rings is 3. The van der Waals surface area contributed by atoms with Gasteiger partial charge in [0.2, 0.25) is 11.8 Å². The number of oxazole rings is 1. The Hall–Kier alpha value is -4.69. The lowest BCUT2D eigenvalue weighted by molar-refractivity contribution is -0.115. The van der Waals surface area contributed by atoms with Gasteiger partial charge in [-0.25, -0.2) is 4.98 Å². The number of rotatable bonds is 6. The molecule has 0 unspecified atom stereocenters. The summed E-state index contributed by atoms with van der Waals surface area (Å²) in [5.41, 5.74) is 4.76. The van der Waals surface area contributed by atoms with Crippen molar-refractivity contribution in [2.45, 2.75) is 6.92 Å². The highest BCUT2D eigenvalue weighted by atomic mass is 32.1. The number of amides is 1. The van der Waals surface area contributed by atoms with Gasteiger partial charge in [-0.15, -0.1) is 0 Å². The number of furan rings is 1. The van der Waals surface area contributed by atoms with Crippen LogP contribution in [-0.2, 0) is 4.79 Å². The van der Waals surface area contributed by atoms with Gasteiger partial charge in [0.1, 0.15) is 22.8 Å². The van der Waals surface area contributed by atoms with Gasteiger partial charge in [0.05, 0.1) is 7.11 Å². The standard InChI is InChI=1S/C29H23N3O4S/c1-18-8-9-20(28-30-24-17-22(34-2)11-14-26(24)36-28)16-23(18)31-29(37)32-27(33)15-12-21-10-13-25(35-21)19-6-4-3-5-7-19/h3-17H,1-2H3,(H2,31,32,33,37)/b15-12+. The molecule has 5 rings (SSSR count). The summed E-state index contributed by atoms with van der Waals surface area (Å²) in [6, 6.07) is 24.6. The highest BCUT2D eigenvalue weighted by Crippen LogP contribution is 2.29. The van der Waals surface area contributed by atoms with E-state index in [0.29, 0.717) is 28.5 Å². The number of aryl methyl sites for hydroxylation is 1. The average molecular weight is 510 g/mol. The van der Waals surface area contributed by atoms with Gasteiger partial charge >= 0.3 is 0 Å². The summed E-state index contributed by atoms with van der Waals surface area (Å²) in [7, 11) is 1.61. The van der Waals surface area contributed by atoms with Crippen LogP contribution in [0, 0.1) is 6.92 Å². The number of aromatic nitrogens is 1. The van der Waals surface area contributed by atoms with E-state index in [-0.39, 0.29) is 11.0 Å². The minimum Gasteiger partial charge on any atom is -0.497 e. The van der Waals surface area contributed by atoms with Crippen molar-refractivity contribution >= 4 is 46.1 Å². The zero-order valence-electron chi connectivity index (χ0n) is 20.1. The van der Waals surface area contributed by atoms with E-state index < -0.39 is 0 Å². The van der Waals surface area contributed by atoms with Crippen molar-refractivity contribution in [3.8, 4) is 28.5 Å². The molecule has 8 heteroatoms. The smallest absolute Gasteiger partial charge is 0.250 e. The fourth-order valence-electron chi connectivity index (χ4n) is 3.71. The molecule has 0 saturated carbocycles. The molecule has 0 spiro atoms. The molecule has 0 saturated heterocycles. The van der Waals surface area contributed by atoms with Crippen LogP contribution >= 0.6 is 12.2 Å². The quantitative estimate of drug-likeness (QED) is 0.197. The first-order valence-corrected chi connectivity index (χ1v) is 11.9. The largest absolute Gasteiger partial charge is 0.497 e. The van der Waals surface area contributed by atoms with Gasteiger partial charge in [0, 0.05) is 29.0 Å². The summed E-state index contributed by atoms with van der Waals surface area (Å²) in [4.78, 5) is 17.0. The molecule has 37 heavy (non-hydrogen) atoms. The maximum absolute atomic E-state index is 12.4. The molecule has 0 aliphatic heterocycles. The van der Waals surface area contributed by atoms with Crippen molar-refractivity contribution in [2.24, 2.45) is 0 Å². The Morgan fingerprint density at radius 3 is 2.62 bits per heavy atom. The first-order chi connectivity index (χ1) is 18.0. The van der Waals surface area contributed by atoms with Crippen LogP contribution in [0.2, 0.25) is 0 Å². The number of carbonyl (C=O) groups excluding carboxylic acids is 1. The van der Waals surface area contributed by atoms with Crippen LogP contribution in [0.25, 0.3) is 40.0 Å². The summed E-state index contributed by atoms with van der Waals surface area (Å²) >= 11 is 5.36. The molecule has 0 bridgehead atoms. The third-order valence-corrected chi connectivity index (χ3v) is 5.85. The van der Waals surface area contributed by atoms with Crippen molar-refractivity contribution < 1.29 is 18.4 Å². The van der Waals surface area contributed by atoms with E-state index in [0.717, 1.165) is 28.1 Å². The van der Waals surface area contributed by atoms with Crippen LogP contribution in [0.1, 0.15) is 11.3 Å². The van der Waals surface area contributed by atoms with E-state index in [2.05, 4.69) is 15.6 Å². The minimum atomic E-state index is -0.378. The topological polar surface area (TPSA) is 89.5 Å². The average Bonchev–Trinajstić information content (AvgIpc) is 3.56. The highest BCUT2D eigenvalue weighted by Gasteiger charge is 2.12. The molecule has 7 nitrogen and oxygen atoms in total. The van der Waals surface area contributed by atoms with Crippen LogP contribution in [0.3, 0.4) is 0 Å². The summed E-state index contributed by atoms with van der Waals surface area (Å²) in [6.07, 6.45) is 2.97. The van der Waals surface area contributed by atoms with Crippen LogP contribution in [0.4, 0.5) is 5.69 Å². The van der Waals surface area contributed by atoms with Gasteiger partial charge in [-0.1, -0.05) is 36.4 Å². The molecule has 0 aliphatic rings. The number of hydrogen-bond donors (Lipinski definition) is 2. The van der Waals surface area contributed by atoms with E-state index in [1.54, 1.807) is 19.3 Å². The molecular weight excluding hydrogens is 486 g/mol. The van der Waals surface area contributed by atoms with E-state index in [4.69, 9.17) is 25.8 Å². The second-order valence-electron chi connectivity index (χ2n) is 8.23. The zero-order chi connectivity index (χ0) is 25.8. The Bertz CT molecular complexity index is 1620. The molecule has 184 valence electrons. The second-order valence-corrected chi connectivity index (χ2v) is 8.64. The van der Waals surface area contributed by atoms with Gasteiger partial charge in [0.25, 0.3) is 0 Å². The molecule has 2 N–H and O–H groups in total. The van der Waals surface area contributed by atoms with Crippen LogP contribution in [-0.4, -0.2) is 23.1 Å². The van der Waals surface area contributed by atoms with Gasteiger partial charge in [-0.2, -0.15) is 0 Å². The highest BCUT2D eigenvalue weighted by molar-refractivity contribution is 7.80. The number of thiocarbonyl (C=S) groups is 1. The van der Waals surface area contributed by atoms with Crippen molar-refractivity contribution in [2.75, 3.05) is 12.4 Å². The third-order valence-electron chi connectivity index (χ3n) is 5.65. The Kier molecular flexibility index (Phi) is 6.83. The zero-order valence-corrected chi connectivity index (χ0v) is 21.0. The number of methoxy groups -OCH3 is 1. The van der Waals surface area contributed by atoms with Gasteiger partial charge < -0.3 is 18.9 Å². The molecule has 0 fully saturated rings. The van der Waals surface area contributed by atoms with Crippen LogP contribution in [0.5, 0.6) is 5.75 Å². The summed E-state index contributed by atoms with van der Waals surface area (Å²) < 4.78 is 17.0. The van der Waals surface area contributed by atoms with Crippen LogP contribution in [0.15, 0.2) is 93.8 Å². The van der Waals surface area contributed by atoms with Gasteiger partial charge in [-0.3, -0.25) is 10.1 Å². The number of nitrogens with zero attached hydrogens (tertiary/aromatic N) is 1. The Morgan fingerprint density at radius 1 is 0.973 bits per heavy atom. The first kappa shape index (κ1) is 24.0. The Morgan fingerprint density at radius 2 is 1.81 bits per heavy atom. The SMILES string of the molecule is COc1ccc2oc(-c3ccc(C)c(NC(=S)NC(=O)/C=C/c4ccc(-c5ccccc5)o4)c3)nc2c1. The molecule has 0 atom stereocenters. The molecular formula is C29H23N3O4S. The first-order valence-electron chi connectivity index (χ1n) is 11.5. The summed E-state index contributed by atoms with van der Waals surface area (Å²) in [5.74, 6) is 2.09. The molecule has 2 heterocycles. The molecule has 0 aliphatic carbocycles. The molecule has 5 aromatic rings. The fourth-order valence-corrected chi connectivity index (χ4v) is 3.92. The maximum Gasteiger partial charge on any atom is 0.250 e. The lowest BCUT2D eigenvalue weighted by Gasteiger charge is -2.11. The summed E-state index contributed by atoms with van der Waals surface area (Å²) in [5, 5.41) is 5.91. The summed E-state index contributed by atoms with van der Waals surface area (Å²) in [6.45, 7) is 1.94. The number of anilines is 1.